The minimum atomic E-state index is -2.90. The smallest absolute Gasteiger partial charge is 0.154 e. The molecule has 4 heteroatoms. The van der Waals surface area contributed by atoms with Gasteiger partial charge in [-0.2, -0.15) is 0 Å². The monoisotopic (exact) mass is 179 g/mol. The van der Waals surface area contributed by atoms with Crippen LogP contribution < -0.4 is 5.73 Å². The molecular formula is C7H17NO2S. The van der Waals surface area contributed by atoms with Gasteiger partial charge in [0.05, 0.1) is 11.0 Å². The number of hydrogen-bond donors (Lipinski definition) is 1. The summed E-state index contributed by atoms with van der Waals surface area (Å²) in [5, 5.41) is -0.189. The van der Waals surface area contributed by atoms with Crippen LogP contribution in [0.3, 0.4) is 0 Å². The van der Waals surface area contributed by atoms with E-state index in [1.165, 1.54) is 0 Å². The van der Waals surface area contributed by atoms with Crippen LogP contribution in [0.1, 0.15) is 26.7 Å². The summed E-state index contributed by atoms with van der Waals surface area (Å²) in [6.07, 6.45) is 1.39. The summed E-state index contributed by atoms with van der Waals surface area (Å²) in [4.78, 5) is 0. The van der Waals surface area contributed by atoms with E-state index in [-0.39, 0.29) is 17.5 Å². The standard InChI is InChI=1S/C7H17NO2S/c1-3-7(4-2)11(9,10)6-5-8/h7H,3-6,8H2,1-2H3. The fourth-order valence-electron chi connectivity index (χ4n) is 1.13. The van der Waals surface area contributed by atoms with Gasteiger partial charge in [0.15, 0.2) is 9.84 Å². The van der Waals surface area contributed by atoms with Crippen molar-refractivity contribution >= 4 is 9.84 Å². The molecule has 0 aliphatic carbocycles. The summed E-state index contributed by atoms with van der Waals surface area (Å²) in [6, 6.07) is 0. The highest BCUT2D eigenvalue weighted by Gasteiger charge is 2.20. The Morgan fingerprint density at radius 2 is 1.73 bits per heavy atom. The number of nitrogens with two attached hydrogens (primary N) is 1. The van der Waals surface area contributed by atoms with E-state index in [4.69, 9.17) is 5.73 Å². The van der Waals surface area contributed by atoms with Gasteiger partial charge in [-0.15, -0.1) is 0 Å². The molecule has 11 heavy (non-hydrogen) atoms. The van der Waals surface area contributed by atoms with Crippen molar-refractivity contribution in [3.8, 4) is 0 Å². The Labute approximate surface area is 68.9 Å². The first-order valence-corrected chi connectivity index (χ1v) is 5.71. The molecule has 0 unspecified atom stereocenters. The fourth-order valence-corrected chi connectivity index (χ4v) is 2.81. The zero-order valence-electron chi connectivity index (χ0n) is 7.21. The second-order valence-corrected chi connectivity index (χ2v) is 4.99. The Morgan fingerprint density at radius 1 is 1.27 bits per heavy atom. The van der Waals surface area contributed by atoms with Crippen LogP contribution in [0.15, 0.2) is 0 Å². The van der Waals surface area contributed by atoms with E-state index in [1.54, 1.807) is 0 Å². The highest BCUT2D eigenvalue weighted by molar-refractivity contribution is 7.92. The molecule has 3 nitrogen and oxygen atoms in total. The van der Waals surface area contributed by atoms with Crippen molar-refractivity contribution in [2.45, 2.75) is 31.9 Å². The van der Waals surface area contributed by atoms with Crippen molar-refractivity contribution in [3.05, 3.63) is 0 Å². The van der Waals surface area contributed by atoms with Crippen LogP contribution >= 0.6 is 0 Å². The third kappa shape index (κ3) is 3.20. The first kappa shape index (κ1) is 10.9. The lowest BCUT2D eigenvalue weighted by atomic mass is 10.3. The Morgan fingerprint density at radius 3 is 2.00 bits per heavy atom. The van der Waals surface area contributed by atoms with E-state index in [0.717, 1.165) is 0 Å². The number of sulfone groups is 1. The normalized spacial score (nSPS) is 12.4. The molecule has 2 N–H and O–H groups in total. The fraction of sp³-hybridized carbons (Fsp3) is 1.00. The predicted molar refractivity (Wildman–Crippen MR) is 47.2 cm³/mol. The highest BCUT2D eigenvalue weighted by Crippen LogP contribution is 2.09. The van der Waals surface area contributed by atoms with Crippen LogP contribution in [0.25, 0.3) is 0 Å². The third-order valence-electron chi connectivity index (χ3n) is 1.82. The summed E-state index contributed by atoms with van der Waals surface area (Å²) in [5.74, 6) is 0.124. The maximum Gasteiger partial charge on any atom is 0.154 e. The molecule has 0 bridgehead atoms. The molecular weight excluding hydrogens is 162 g/mol. The molecule has 0 aliphatic rings. The van der Waals surface area contributed by atoms with Crippen LogP contribution in [0, 0.1) is 0 Å². The van der Waals surface area contributed by atoms with Gasteiger partial charge in [0, 0.05) is 6.54 Å². The molecule has 0 spiro atoms. The van der Waals surface area contributed by atoms with Gasteiger partial charge in [0.2, 0.25) is 0 Å². The molecule has 0 rings (SSSR count). The van der Waals surface area contributed by atoms with Gasteiger partial charge in [-0.1, -0.05) is 13.8 Å². The molecule has 0 aromatic rings. The van der Waals surface area contributed by atoms with Gasteiger partial charge < -0.3 is 5.73 Å². The maximum atomic E-state index is 11.3. The molecule has 0 amide bonds. The van der Waals surface area contributed by atoms with Crippen molar-refractivity contribution in [1.82, 2.24) is 0 Å². The largest absolute Gasteiger partial charge is 0.329 e. The summed E-state index contributed by atoms with van der Waals surface area (Å²) >= 11 is 0. The summed E-state index contributed by atoms with van der Waals surface area (Å²) in [5.41, 5.74) is 5.18. The van der Waals surface area contributed by atoms with Crippen molar-refractivity contribution in [3.63, 3.8) is 0 Å². The predicted octanol–water partition coefficient (Wildman–Crippen LogP) is 0.549. The zero-order chi connectivity index (χ0) is 8.91. The molecule has 0 saturated carbocycles. The average Bonchev–Trinajstić information content (AvgIpc) is 1.89. The van der Waals surface area contributed by atoms with Crippen LogP contribution in [0.4, 0.5) is 0 Å². The molecule has 0 aliphatic heterocycles. The third-order valence-corrected chi connectivity index (χ3v) is 4.31. The lowest BCUT2D eigenvalue weighted by Gasteiger charge is -2.11. The first-order chi connectivity index (χ1) is 5.08. The van der Waals surface area contributed by atoms with Crippen LogP contribution in [0.5, 0.6) is 0 Å². The average molecular weight is 179 g/mol. The van der Waals surface area contributed by atoms with Gasteiger partial charge in [0.1, 0.15) is 0 Å². The van der Waals surface area contributed by atoms with E-state index in [0.29, 0.717) is 12.8 Å². The summed E-state index contributed by atoms with van der Waals surface area (Å²) in [6.45, 7) is 4.02. The SMILES string of the molecule is CCC(CC)S(=O)(=O)CCN. The summed E-state index contributed by atoms with van der Waals surface area (Å²) < 4.78 is 22.6. The second kappa shape index (κ2) is 4.72. The number of hydrogen-bond acceptors (Lipinski definition) is 3. The molecule has 0 radical (unpaired) electrons. The Bertz CT molecular complexity index is 183. The Hall–Kier alpha value is -0.0900. The maximum absolute atomic E-state index is 11.3. The van der Waals surface area contributed by atoms with E-state index >= 15 is 0 Å². The number of rotatable bonds is 5. The van der Waals surface area contributed by atoms with Gasteiger partial charge in [-0.25, -0.2) is 8.42 Å². The topological polar surface area (TPSA) is 60.2 Å². The van der Waals surface area contributed by atoms with E-state index in [2.05, 4.69) is 0 Å². The zero-order valence-corrected chi connectivity index (χ0v) is 8.02. The summed E-state index contributed by atoms with van der Waals surface area (Å²) in [7, 11) is -2.90. The molecule has 0 heterocycles. The van der Waals surface area contributed by atoms with Gasteiger partial charge in [-0.3, -0.25) is 0 Å². The van der Waals surface area contributed by atoms with Crippen molar-refractivity contribution in [1.29, 1.82) is 0 Å². The molecule has 0 fully saturated rings. The van der Waals surface area contributed by atoms with Gasteiger partial charge in [0.25, 0.3) is 0 Å². The van der Waals surface area contributed by atoms with E-state index < -0.39 is 9.84 Å². The Kier molecular flexibility index (Phi) is 4.68. The molecule has 0 aromatic heterocycles. The Balaban J connectivity index is 4.26. The van der Waals surface area contributed by atoms with Gasteiger partial charge >= 0.3 is 0 Å². The van der Waals surface area contributed by atoms with Crippen molar-refractivity contribution in [2.75, 3.05) is 12.3 Å². The van der Waals surface area contributed by atoms with E-state index in [9.17, 15) is 8.42 Å². The van der Waals surface area contributed by atoms with Crippen molar-refractivity contribution < 1.29 is 8.42 Å². The first-order valence-electron chi connectivity index (χ1n) is 4.00. The van der Waals surface area contributed by atoms with Crippen LogP contribution in [-0.4, -0.2) is 26.0 Å². The minimum absolute atomic E-state index is 0.124. The molecule has 0 atom stereocenters. The molecule has 0 aromatic carbocycles. The minimum Gasteiger partial charge on any atom is -0.329 e. The quantitative estimate of drug-likeness (QED) is 0.670. The lowest BCUT2D eigenvalue weighted by Crippen LogP contribution is -2.26. The molecule has 0 saturated heterocycles. The van der Waals surface area contributed by atoms with E-state index in [1.807, 2.05) is 13.8 Å². The van der Waals surface area contributed by atoms with Crippen molar-refractivity contribution in [2.24, 2.45) is 5.73 Å². The van der Waals surface area contributed by atoms with Crippen LogP contribution in [0.2, 0.25) is 0 Å². The second-order valence-electron chi connectivity index (χ2n) is 2.59. The molecule has 68 valence electrons. The lowest BCUT2D eigenvalue weighted by molar-refractivity contribution is 0.571. The van der Waals surface area contributed by atoms with Gasteiger partial charge in [-0.05, 0) is 12.8 Å². The highest BCUT2D eigenvalue weighted by atomic mass is 32.2. The van der Waals surface area contributed by atoms with Crippen LogP contribution in [-0.2, 0) is 9.84 Å².